The predicted molar refractivity (Wildman–Crippen MR) is 86.4 cm³/mol. The first kappa shape index (κ1) is 15.5. The van der Waals surface area contributed by atoms with Gasteiger partial charge in [-0.15, -0.1) is 11.3 Å². The van der Waals surface area contributed by atoms with Crippen LogP contribution in [0.15, 0.2) is 16.2 Å². The van der Waals surface area contributed by atoms with Crippen molar-refractivity contribution >= 4 is 11.3 Å². The second-order valence-corrected chi connectivity index (χ2v) is 6.62. The number of rotatable bonds is 5. The van der Waals surface area contributed by atoms with E-state index in [4.69, 9.17) is 4.74 Å². The van der Waals surface area contributed by atoms with E-state index in [9.17, 15) is 4.79 Å². The highest BCUT2D eigenvalue weighted by Gasteiger charge is 2.19. The van der Waals surface area contributed by atoms with Crippen molar-refractivity contribution in [1.29, 1.82) is 0 Å². The summed E-state index contributed by atoms with van der Waals surface area (Å²) in [4.78, 5) is 16.2. The number of methoxy groups -OCH3 is 1. The van der Waals surface area contributed by atoms with Crippen molar-refractivity contribution in [1.82, 2.24) is 19.2 Å². The van der Waals surface area contributed by atoms with Crippen LogP contribution in [0.5, 0.6) is 0 Å². The van der Waals surface area contributed by atoms with Gasteiger partial charge in [-0.05, 0) is 23.9 Å². The lowest BCUT2D eigenvalue weighted by Crippen LogP contribution is -2.31. The molecule has 120 valence electrons. The molecule has 0 spiro atoms. The highest BCUT2D eigenvalue weighted by molar-refractivity contribution is 7.10. The highest BCUT2D eigenvalue weighted by Crippen LogP contribution is 2.18. The topological polar surface area (TPSA) is 52.3 Å². The number of fused-ring (bicyclic) bond motifs is 1. The van der Waals surface area contributed by atoms with E-state index in [2.05, 4.69) is 28.4 Å². The molecule has 0 unspecified atom stereocenters. The number of aryl methyl sites for hydroxylation is 1. The molecule has 2 aromatic heterocycles. The minimum atomic E-state index is -0.0128. The number of thiophene rings is 1. The first-order valence-electron chi connectivity index (χ1n) is 7.60. The normalized spacial score (nSPS) is 15.7. The Morgan fingerprint density at radius 1 is 1.36 bits per heavy atom. The number of hydrogen-bond acceptors (Lipinski definition) is 5. The Bertz CT molecular complexity index is 688. The van der Waals surface area contributed by atoms with Crippen molar-refractivity contribution in [2.24, 2.45) is 0 Å². The quantitative estimate of drug-likeness (QED) is 0.828. The first-order chi connectivity index (χ1) is 10.7. The lowest BCUT2D eigenvalue weighted by atomic mass is 10.2. The van der Waals surface area contributed by atoms with Crippen LogP contribution in [0, 0.1) is 6.92 Å². The van der Waals surface area contributed by atoms with Crippen molar-refractivity contribution in [3.63, 3.8) is 0 Å². The van der Waals surface area contributed by atoms with Gasteiger partial charge in [0.05, 0.1) is 13.2 Å². The summed E-state index contributed by atoms with van der Waals surface area (Å²) in [6.45, 7) is 6.70. The highest BCUT2D eigenvalue weighted by atomic mass is 32.1. The van der Waals surface area contributed by atoms with Crippen LogP contribution in [0.2, 0.25) is 0 Å². The Labute approximate surface area is 133 Å². The summed E-state index contributed by atoms with van der Waals surface area (Å²) in [6, 6.07) is 2.16. The summed E-state index contributed by atoms with van der Waals surface area (Å²) in [5, 5.41) is 6.60. The van der Waals surface area contributed by atoms with E-state index in [1.807, 2.05) is 4.57 Å². The summed E-state index contributed by atoms with van der Waals surface area (Å²) >= 11 is 1.81. The zero-order chi connectivity index (χ0) is 15.5. The van der Waals surface area contributed by atoms with E-state index in [1.165, 1.54) is 15.1 Å². The molecule has 1 aliphatic rings. The molecule has 1 aliphatic heterocycles. The maximum atomic E-state index is 12.3. The van der Waals surface area contributed by atoms with Gasteiger partial charge in [0.2, 0.25) is 0 Å². The third-order valence-electron chi connectivity index (χ3n) is 4.13. The monoisotopic (exact) mass is 322 g/mol. The lowest BCUT2D eigenvalue weighted by molar-refractivity contribution is 0.181. The van der Waals surface area contributed by atoms with Crippen molar-refractivity contribution in [3.05, 3.63) is 38.2 Å². The number of nitrogens with zero attached hydrogens (tertiary/aromatic N) is 4. The van der Waals surface area contributed by atoms with Gasteiger partial charge in [0.25, 0.3) is 0 Å². The fourth-order valence-corrected chi connectivity index (χ4v) is 3.70. The molecule has 0 bridgehead atoms. The molecule has 22 heavy (non-hydrogen) atoms. The van der Waals surface area contributed by atoms with E-state index in [0.29, 0.717) is 19.7 Å². The van der Waals surface area contributed by atoms with Gasteiger partial charge in [-0.3, -0.25) is 9.47 Å². The fourth-order valence-electron chi connectivity index (χ4n) is 2.76. The van der Waals surface area contributed by atoms with Crippen molar-refractivity contribution < 1.29 is 4.74 Å². The molecule has 3 rings (SSSR count). The molecular weight excluding hydrogens is 300 g/mol. The minimum Gasteiger partial charge on any atom is -0.383 e. The first-order valence-corrected chi connectivity index (χ1v) is 8.48. The molecule has 3 heterocycles. The largest absolute Gasteiger partial charge is 0.383 e. The van der Waals surface area contributed by atoms with Gasteiger partial charge in [0, 0.05) is 44.6 Å². The molecule has 0 saturated carbocycles. The van der Waals surface area contributed by atoms with Crippen LogP contribution in [0.4, 0.5) is 0 Å². The number of hydrogen-bond donors (Lipinski definition) is 0. The second-order valence-electron chi connectivity index (χ2n) is 5.62. The van der Waals surface area contributed by atoms with Gasteiger partial charge in [0.1, 0.15) is 5.82 Å². The SMILES string of the molecule is COCCn1nc2n(c1=O)CCN(Cc1sccc1C)CC2. The van der Waals surface area contributed by atoms with Crippen LogP contribution in [0.3, 0.4) is 0 Å². The Morgan fingerprint density at radius 2 is 2.23 bits per heavy atom. The van der Waals surface area contributed by atoms with Gasteiger partial charge in [0.15, 0.2) is 0 Å². The Kier molecular flexibility index (Phi) is 4.75. The summed E-state index contributed by atoms with van der Waals surface area (Å²) in [5.74, 6) is 0.895. The standard InChI is InChI=1S/C15H22N4O2S/c1-12-4-10-22-13(12)11-17-5-3-14-16-19(8-9-21-2)15(20)18(14)7-6-17/h4,10H,3,5-9,11H2,1-2H3. The van der Waals surface area contributed by atoms with Crippen LogP contribution >= 0.6 is 11.3 Å². The average molecular weight is 322 g/mol. The Hall–Kier alpha value is -1.44. The summed E-state index contributed by atoms with van der Waals surface area (Å²) in [5.41, 5.74) is 1.34. The lowest BCUT2D eigenvalue weighted by Gasteiger charge is -2.19. The predicted octanol–water partition coefficient (Wildman–Crippen LogP) is 1.12. The third-order valence-corrected chi connectivity index (χ3v) is 5.14. The summed E-state index contributed by atoms with van der Waals surface area (Å²) in [7, 11) is 1.64. The van der Waals surface area contributed by atoms with Gasteiger partial charge in [-0.1, -0.05) is 0 Å². The molecule has 6 nitrogen and oxygen atoms in total. The number of aromatic nitrogens is 3. The smallest absolute Gasteiger partial charge is 0.346 e. The molecule has 2 aromatic rings. The molecule has 0 aromatic carbocycles. The zero-order valence-corrected chi connectivity index (χ0v) is 13.9. The molecule has 0 amide bonds. The number of ether oxygens (including phenoxy) is 1. The molecule has 0 N–H and O–H groups in total. The molecule has 0 fully saturated rings. The van der Waals surface area contributed by atoms with Crippen LogP contribution in [-0.2, 0) is 30.8 Å². The van der Waals surface area contributed by atoms with Crippen LogP contribution < -0.4 is 5.69 Å². The maximum absolute atomic E-state index is 12.3. The van der Waals surface area contributed by atoms with Crippen LogP contribution in [0.1, 0.15) is 16.3 Å². The van der Waals surface area contributed by atoms with Gasteiger partial charge < -0.3 is 4.74 Å². The van der Waals surface area contributed by atoms with Gasteiger partial charge in [-0.25, -0.2) is 9.48 Å². The van der Waals surface area contributed by atoms with E-state index in [1.54, 1.807) is 18.4 Å². The van der Waals surface area contributed by atoms with E-state index in [-0.39, 0.29) is 5.69 Å². The van der Waals surface area contributed by atoms with Crippen molar-refractivity contribution in [2.75, 3.05) is 26.8 Å². The minimum absolute atomic E-state index is 0.0128. The van der Waals surface area contributed by atoms with Crippen LogP contribution in [-0.4, -0.2) is 46.1 Å². The van der Waals surface area contributed by atoms with E-state index in [0.717, 1.165) is 31.9 Å². The van der Waals surface area contributed by atoms with Crippen LogP contribution in [0.25, 0.3) is 0 Å². The molecule has 0 saturated heterocycles. The second kappa shape index (κ2) is 6.76. The molecule has 7 heteroatoms. The third kappa shape index (κ3) is 3.16. The summed E-state index contributed by atoms with van der Waals surface area (Å²) in [6.07, 6.45) is 0.819. The van der Waals surface area contributed by atoms with E-state index >= 15 is 0 Å². The molecule has 0 aliphatic carbocycles. The van der Waals surface area contributed by atoms with Crippen molar-refractivity contribution in [3.8, 4) is 0 Å². The molecular formula is C15H22N4O2S. The maximum Gasteiger partial charge on any atom is 0.346 e. The Balaban J connectivity index is 1.68. The average Bonchev–Trinajstić information content (AvgIpc) is 2.96. The Morgan fingerprint density at radius 3 is 2.95 bits per heavy atom. The van der Waals surface area contributed by atoms with Gasteiger partial charge >= 0.3 is 5.69 Å². The fraction of sp³-hybridized carbons (Fsp3) is 0.600. The van der Waals surface area contributed by atoms with Gasteiger partial charge in [-0.2, -0.15) is 5.10 Å². The molecule has 0 radical (unpaired) electrons. The van der Waals surface area contributed by atoms with E-state index < -0.39 is 0 Å². The van der Waals surface area contributed by atoms with Crippen molar-refractivity contribution in [2.45, 2.75) is 33.0 Å². The zero-order valence-electron chi connectivity index (χ0n) is 13.1. The summed E-state index contributed by atoms with van der Waals surface area (Å²) < 4.78 is 8.37. The molecule has 0 atom stereocenters.